The van der Waals surface area contributed by atoms with Gasteiger partial charge in [0, 0.05) is 13.2 Å². The van der Waals surface area contributed by atoms with Crippen LogP contribution in [0.1, 0.15) is 20.8 Å². The first-order chi connectivity index (χ1) is 14.7. The number of ether oxygens (including phenoxy) is 2. The molecule has 1 N–H and O–H groups in total. The minimum atomic E-state index is -4.54. The lowest BCUT2D eigenvalue weighted by atomic mass is 10.2. The van der Waals surface area contributed by atoms with Crippen molar-refractivity contribution in [3.05, 3.63) is 47.7 Å². The van der Waals surface area contributed by atoms with E-state index in [1.807, 2.05) is 0 Å². The van der Waals surface area contributed by atoms with Gasteiger partial charge >= 0.3 is 6.18 Å². The van der Waals surface area contributed by atoms with Gasteiger partial charge < -0.3 is 14.6 Å². The number of halogens is 3. The Morgan fingerprint density at radius 2 is 1.84 bits per heavy atom. The highest BCUT2D eigenvalue weighted by molar-refractivity contribution is 7.16. The zero-order chi connectivity index (χ0) is 22.8. The summed E-state index contributed by atoms with van der Waals surface area (Å²) in [5.74, 6) is -0.803. The van der Waals surface area contributed by atoms with Crippen LogP contribution >= 0.6 is 11.3 Å². The molecule has 13 heteroatoms. The number of carbonyl (C=O) groups is 1. The van der Waals surface area contributed by atoms with Crippen LogP contribution in [-0.4, -0.2) is 45.2 Å². The second-order valence-corrected chi connectivity index (χ2v) is 6.92. The summed E-state index contributed by atoms with van der Waals surface area (Å²) in [6.07, 6.45) is -2.71. The Morgan fingerprint density at radius 1 is 1.19 bits per heavy atom. The molecule has 31 heavy (non-hydrogen) atoms. The molecule has 0 aliphatic rings. The first-order valence-corrected chi connectivity index (χ1v) is 9.25. The molecule has 3 heterocycles. The van der Waals surface area contributed by atoms with Gasteiger partial charge in [-0.3, -0.25) is 14.7 Å². The van der Waals surface area contributed by atoms with Crippen molar-refractivity contribution in [2.75, 3.05) is 19.1 Å². The number of pyridine rings is 1. The van der Waals surface area contributed by atoms with E-state index in [4.69, 9.17) is 9.47 Å². The summed E-state index contributed by atoms with van der Waals surface area (Å²) in [4.78, 5) is 30.0. The number of anilines is 1. The Bertz CT molecular complexity index is 1070. The van der Waals surface area contributed by atoms with Crippen LogP contribution in [-0.2, 0) is 12.8 Å². The number of aromatic nitrogens is 4. The highest BCUT2D eigenvalue weighted by Gasteiger charge is 2.31. The van der Waals surface area contributed by atoms with Crippen LogP contribution in [0.15, 0.2) is 24.7 Å². The van der Waals surface area contributed by atoms with Gasteiger partial charge in [0.15, 0.2) is 10.7 Å². The van der Waals surface area contributed by atoms with Gasteiger partial charge in [0.2, 0.25) is 11.8 Å². The maximum atomic E-state index is 13.0. The maximum Gasteiger partial charge on any atom is 0.417 e. The molecule has 0 spiro atoms. The van der Waals surface area contributed by atoms with Gasteiger partial charge in [0.05, 0.1) is 37.0 Å². The average Bonchev–Trinajstić information content (AvgIpc) is 3.21. The summed E-state index contributed by atoms with van der Waals surface area (Å²) in [5, 5.41) is 9.71. The summed E-state index contributed by atoms with van der Waals surface area (Å²) in [6.45, 7) is -0.473. The molecule has 3 aromatic heterocycles. The minimum absolute atomic E-state index is 0.0472. The number of methoxy groups -OCH3 is 2. The molecule has 0 unspecified atom stereocenters. The van der Waals surface area contributed by atoms with Crippen molar-refractivity contribution in [3.63, 3.8) is 0 Å². The third-order valence-electron chi connectivity index (χ3n) is 4.02. The van der Waals surface area contributed by atoms with E-state index in [0.717, 1.165) is 34.7 Å². The van der Waals surface area contributed by atoms with E-state index in [1.54, 1.807) is 0 Å². The van der Waals surface area contributed by atoms with Crippen molar-refractivity contribution in [3.8, 4) is 23.1 Å². The van der Waals surface area contributed by atoms with Gasteiger partial charge in [0.25, 0.3) is 5.91 Å². The molecule has 163 valence electrons. The smallest absolute Gasteiger partial charge is 0.417 e. The van der Waals surface area contributed by atoms with Gasteiger partial charge in [-0.25, -0.2) is 15.0 Å². The van der Waals surface area contributed by atoms with Gasteiger partial charge in [-0.2, -0.15) is 13.2 Å². The monoisotopic (exact) mass is 454 g/mol. The fourth-order valence-electron chi connectivity index (χ4n) is 2.53. The molecule has 1 radical (unpaired) electrons. The molecule has 1 amide bonds. The Hall–Kier alpha value is -3.32. The molecule has 0 aliphatic carbocycles. The molecule has 0 fully saturated rings. The standard InChI is InChI=1S/C18H15F3N5O4S/c1-26(16(28)12-14(29-2)23-8-24-15(12)30-3)17-25-13(11(7-27)31-17)10-5-4-9(6-22-10)18(19,20)21/h4-6,8,27H,1,7H2,2-3H3. The van der Waals surface area contributed by atoms with Gasteiger partial charge in [-0.15, -0.1) is 0 Å². The fraction of sp³-hybridized carbons (Fsp3) is 0.222. The molecule has 0 aromatic carbocycles. The van der Waals surface area contributed by atoms with E-state index < -0.39 is 24.3 Å². The number of nitrogens with zero attached hydrogens (tertiary/aromatic N) is 5. The number of amides is 1. The van der Waals surface area contributed by atoms with E-state index >= 15 is 0 Å². The molecule has 0 aliphatic heterocycles. The van der Waals surface area contributed by atoms with Crippen LogP contribution in [0.3, 0.4) is 0 Å². The Labute approximate surface area is 178 Å². The first-order valence-electron chi connectivity index (χ1n) is 8.43. The fourth-order valence-corrected chi connectivity index (χ4v) is 3.39. The second kappa shape index (κ2) is 8.81. The quantitative estimate of drug-likeness (QED) is 0.605. The van der Waals surface area contributed by atoms with Gasteiger partial charge in [-0.05, 0) is 12.1 Å². The summed E-state index contributed by atoms with van der Waals surface area (Å²) >= 11 is 0.919. The highest BCUT2D eigenvalue weighted by Crippen LogP contribution is 2.35. The van der Waals surface area contributed by atoms with E-state index in [9.17, 15) is 23.1 Å². The normalized spacial score (nSPS) is 11.3. The molecular formula is C18H15F3N5O4S. The lowest BCUT2D eigenvalue weighted by Gasteiger charge is -2.16. The predicted octanol–water partition coefficient (Wildman–Crippen LogP) is 2.96. The molecule has 3 aromatic rings. The molecule has 0 saturated carbocycles. The number of carbonyl (C=O) groups excluding carboxylic acids is 1. The van der Waals surface area contributed by atoms with Crippen molar-refractivity contribution < 1.29 is 32.5 Å². The topological polar surface area (TPSA) is 111 Å². The lowest BCUT2D eigenvalue weighted by molar-refractivity contribution is -0.137. The van der Waals surface area contributed by atoms with Crippen LogP contribution in [0.2, 0.25) is 0 Å². The molecule has 0 saturated heterocycles. The van der Waals surface area contributed by atoms with Crippen LogP contribution < -0.4 is 14.4 Å². The maximum absolute atomic E-state index is 13.0. The summed E-state index contributed by atoms with van der Waals surface area (Å²) in [7, 11) is 6.30. The predicted molar refractivity (Wildman–Crippen MR) is 104 cm³/mol. The van der Waals surface area contributed by atoms with Gasteiger partial charge in [0.1, 0.15) is 12.0 Å². The van der Waals surface area contributed by atoms with Crippen LogP contribution in [0.25, 0.3) is 11.4 Å². The zero-order valence-corrected chi connectivity index (χ0v) is 17.0. The molecule has 0 bridgehead atoms. The number of thiazole rings is 1. The van der Waals surface area contributed by atoms with Crippen molar-refractivity contribution in [2.45, 2.75) is 12.8 Å². The Kier molecular flexibility index (Phi) is 6.36. The number of hydrogen-bond donors (Lipinski definition) is 1. The zero-order valence-electron chi connectivity index (χ0n) is 16.2. The van der Waals surface area contributed by atoms with E-state index in [0.29, 0.717) is 6.20 Å². The summed E-state index contributed by atoms with van der Waals surface area (Å²) in [6, 6.07) is 1.99. The third-order valence-corrected chi connectivity index (χ3v) is 5.08. The number of alkyl halides is 3. The van der Waals surface area contributed by atoms with E-state index in [2.05, 4.69) is 27.0 Å². The first kappa shape index (κ1) is 22.4. The Balaban J connectivity index is 1.98. The minimum Gasteiger partial charge on any atom is -0.480 e. The third kappa shape index (κ3) is 4.41. The summed E-state index contributed by atoms with van der Waals surface area (Å²) < 4.78 is 48.5. The van der Waals surface area contributed by atoms with Crippen LogP contribution in [0.4, 0.5) is 18.3 Å². The van der Waals surface area contributed by atoms with Crippen LogP contribution in [0.5, 0.6) is 11.8 Å². The SMILES string of the molecule is [CH2]N(C(=O)c1c(OC)ncnc1OC)c1nc(-c2ccc(C(F)(F)F)cn2)c(CO)s1. The van der Waals surface area contributed by atoms with E-state index in [1.165, 1.54) is 14.2 Å². The van der Waals surface area contributed by atoms with Crippen molar-refractivity contribution in [1.82, 2.24) is 19.9 Å². The number of rotatable bonds is 6. The molecule has 3 rings (SSSR count). The molecule has 9 nitrogen and oxygen atoms in total. The van der Waals surface area contributed by atoms with Crippen molar-refractivity contribution in [2.24, 2.45) is 0 Å². The molecular weight excluding hydrogens is 439 g/mol. The molecule has 0 atom stereocenters. The largest absolute Gasteiger partial charge is 0.480 e. The van der Waals surface area contributed by atoms with Crippen molar-refractivity contribution >= 4 is 22.4 Å². The van der Waals surface area contributed by atoms with E-state index in [-0.39, 0.29) is 38.7 Å². The summed E-state index contributed by atoms with van der Waals surface area (Å²) in [5.41, 5.74) is -0.800. The highest BCUT2D eigenvalue weighted by atomic mass is 32.1. The Morgan fingerprint density at radius 3 is 2.32 bits per heavy atom. The van der Waals surface area contributed by atoms with Crippen LogP contribution in [0, 0.1) is 7.05 Å². The number of aliphatic hydroxyl groups is 1. The van der Waals surface area contributed by atoms with Gasteiger partial charge in [-0.1, -0.05) is 11.3 Å². The number of hydrogen-bond acceptors (Lipinski definition) is 9. The van der Waals surface area contributed by atoms with Crippen molar-refractivity contribution in [1.29, 1.82) is 0 Å². The second-order valence-electron chi connectivity index (χ2n) is 5.86. The average molecular weight is 454 g/mol. The lowest BCUT2D eigenvalue weighted by Crippen LogP contribution is -2.25. The number of aliphatic hydroxyl groups excluding tert-OH is 1.